The van der Waals surface area contributed by atoms with Crippen LogP contribution in [0.3, 0.4) is 0 Å². The van der Waals surface area contributed by atoms with E-state index >= 15 is 0 Å². The summed E-state index contributed by atoms with van der Waals surface area (Å²) >= 11 is 0. The second kappa shape index (κ2) is 6.22. The fourth-order valence-electron chi connectivity index (χ4n) is 1.33. The Hall–Kier alpha value is -1.27. The largest absolute Gasteiger partial charge is 0.469 e. The minimum atomic E-state index is 0.315. The van der Waals surface area contributed by atoms with E-state index in [-0.39, 0.29) is 0 Å². The lowest BCUT2D eigenvalue weighted by molar-refractivity contribution is 0.467. The number of hydrogen-bond donors (Lipinski definition) is 1. The van der Waals surface area contributed by atoms with Gasteiger partial charge < -0.3 is 9.73 Å². The van der Waals surface area contributed by atoms with Crippen molar-refractivity contribution in [3.8, 4) is 6.07 Å². The van der Waals surface area contributed by atoms with E-state index in [9.17, 15) is 0 Å². The third-order valence-corrected chi connectivity index (χ3v) is 2.21. The number of rotatable bonds is 6. The molecule has 0 aliphatic rings. The molecule has 0 aliphatic heterocycles. The van der Waals surface area contributed by atoms with Crippen LogP contribution in [0.25, 0.3) is 0 Å². The third kappa shape index (κ3) is 3.63. The molecule has 0 amide bonds. The van der Waals surface area contributed by atoms with Crippen molar-refractivity contribution in [1.29, 1.82) is 5.26 Å². The summed E-state index contributed by atoms with van der Waals surface area (Å²) < 4.78 is 5.20. The Morgan fingerprint density at radius 2 is 2.50 bits per heavy atom. The van der Waals surface area contributed by atoms with Crippen LogP contribution in [0.5, 0.6) is 0 Å². The molecule has 1 rings (SSSR count). The van der Waals surface area contributed by atoms with Crippen molar-refractivity contribution in [1.82, 2.24) is 5.32 Å². The summed E-state index contributed by atoms with van der Waals surface area (Å²) in [6.07, 6.45) is 4.14. The van der Waals surface area contributed by atoms with Crippen LogP contribution in [0.15, 0.2) is 22.8 Å². The molecule has 3 nitrogen and oxygen atoms in total. The molecule has 0 spiro atoms. The van der Waals surface area contributed by atoms with Gasteiger partial charge in [0.25, 0.3) is 0 Å². The molecule has 1 unspecified atom stereocenters. The number of nitrogens with one attached hydrogen (secondary N) is 1. The zero-order valence-corrected chi connectivity index (χ0v) is 8.49. The van der Waals surface area contributed by atoms with Crippen molar-refractivity contribution in [2.24, 2.45) is 0 Å². The van der Waals surface area contributed by atoms with E-state index in [1.165, 1.54) is 0 Å². The third-order valence-electron chi connectivity index (χ3n) is 2.21. The average Bonchev–Trinajstić information content (AvgIpc) is 2.69. The van der Waals surface area contributed by atoms with E-state index in [4.69, 9.17) is 9.68 Å². The number of hydrogen-bond acceptors (Lipinski definition) is 3. The van der Waals surface area contributed by atoms with Gasteiger partial charge in [0.15, 0.2) is 0 Å². The first-order chi connectivity index (χ1) is 6.86. The van der Waals surface area contributed by atoms with Gasteiger partial charge in [0.2, 0.25) is 0 Å². The highest BCUT2D eigenvalue weighted by Crippen LogP contribution is 2.01. The fraction of sp³-hybridized carbons (Fsp3) is 0.545. The zero-order valence-electron chi connectivity index (χ0n) is 8.49. The Labute approximate surface area is 84.7 Å². The molecular weight excluding hydrogens is 176 g/mol. The Balaban J connectivity index is 2.17. The summed E-state index contributed by atoms with van der Waals surface area (Å²) in [6.45, 7) is 2.95. The van der Waals surface area contributed by atoms with E-state index in [0.29, 0.717) is 12.5 Å². The van der Waals surface area contributed by atoms with Crippen LogP contribution in [-0.4, -0.2) is 12.6 Å². The first-order valence-corrected chi connectivity index (χ1v) is 4.99. The first kappa shape index (κ1) is 10.8. The summed E-state index contributed by atoms with van der Waals surface area (Å²) in [6, 6.07) is 6.35. The molecule has 0 radical (unpaired) electrons. The fourth-order valence-corrected chi connectivity index (χ4v) is 1.33. The predicted molar refractivity (Wildman–Crippen MR) is 54.7 cm³/mol. The van der Waals surface area contributed by atoms with Crippen LogP contribution in [0.4, 0.5) is 0 Å². The topological polar surface area (TPSA) is 49.0 Å². The molecule has 0 fully saturated rings. The highest BCUT2D eigenvalue weighted by atomic mass is 16.3. The highest BCUT2D eigenvalue weighted by Gasteiger charge is 2.04. The van der Waals surface area contributed by atoms with Crippen molar-refractivity contribution in [2.45, 2.75) is 32.2 Å². The van der Waals surface area contributed by atoms with Crippen LogP contribution in [0.1, 0.15) is 25.5 Å². The van der Waals surface area contributed by atoms with Gasteiger partial charge in [-0.2, -0.15) is 5.26 Å². The van der Waals surface area contributed by atoms with Crippen molar-refractivity contribution in [2.75, 3.05) is 6.54 Å². The number of nitrogens with zero attached hydrogens (tertiary/aromatic N) is 1. The van der Waals surface area contributed by atoms with Crippen molar-refractivity contribution >= 4 is 0 Å². The molecule has 1 heterocycles. The molecule has 0 saturated carbocycles. The Bertz CT molecular complexity index is 274. The Morgan fingerprint density at radius 1 is 1.64 bits per heavy atom. The van der Waals surface area contributed by atoms with Gasteiger partial charge in [0.1, 0.15) is 5.76 Å². The second-order valence-electron chi connectivity index (χ2n) is 3.25. The maximum atomic E-state index is 8.54. The lowest BCUT2D eigenvalue weighted by atomic mass is 10.1. The Kier molecular flexibility index (Phi) is 4.81. The van der Waals surface area contributed by atoms with Gasteiger partial charge in [-0.1, -0.05) is 6.92 Å². The summed E-state index contributed by atoms with van der Waals surface area (Å²) in [4.78, 5) is 0. The maximum Gasteiger partial charge on any atom is 0.105 e. The summed E-state index contributed by atoms with van der Waals surface area (Å²) in [7, 11) is 0. The van der Waals surface area contributed by atoms with E-state index in [0.717, 1.165) is 25.1 Å². The number of furan rings is 1. The van der Waals surface area contributed by atoms with Crippen LogP contribution < -0.4 is 5.32 Å². The highest BCUT2D eigenvalue weighted by molar-refractivity contribution is 4.98. The normalized spacial score (nSPS) is 12.3. The summed E-state index contributed by atoms with van der Waals surface area (Å²) in [5.74, 6) is 0.990. The van der Waals surface area contributed by atoms with Crippen molar-refractivity contribution < 1.29 is 4.42 Å². The van der Waals surface area contributed by atoms with Crippen molar-refractivity contribution in [3.05, 3.63) is 24.2 Å². The molecule has 0 aliphatic carbocycles. The van der Waals surface area contributed by atoms with Gasteiger partial charge >= 0.3 is 0 Å². The average molecular weight is 192 g/mol. The van der Waals surface area contributed by atoms with Crippen LogP contribution in [0, 0.1) is 11.3 Å². The maximum absolute atomic E-state index is 8.54. The zero-order chi connectivity index (χ0) is 10.2. The molecule has 0 bridgehead atoms. The number of nitriles is 1. The van der Waals surface area contributed by atoms with Gasteiger partial charge in [0.05, 0.1) is 18.8 Å². The molecule has 1 aromatic rings. The van der Waals surface area contributed by atoms with Gasteiger partial charge in [-0.3, -0.25) is 0 Å². The molecule has 0 aromatic carbocycles. The molecule has 3 heteroatoms. The summed E-state index contributed by atoms with van der Waals surface area (Å²) in [5, 5.41) is 11.9. The van der Waals surface area contributed by atoms with Crippen molar-refractivity contribution in [3.63, 3.8) is 0 Å². The SMILES string of the molecule is CCC(CC#N)NCCc1ccco1. The Morgan fingerprint density at radius 3 is 3.07 bits per heavy atom. The van der Waals surface area contributed by atoms with E-state index in [1.807, 2.05) is 12.1 Å². The standard InChI is InChI=1S/C11H16N2O/c1-2-10(5-7-12)13-8-6-11-4-3-9-14-11/h3-4,9-10,13H,2,5-6,8H2,1H3. The monoisotopic (exact) mass is 192 g/mol. The summed E-state index contributed by atoms with van der Waals surface area (Å²) in [5.41, 5.74) is 0. The van der Waals surface area contributed by atoms with E-state index in [1.54, 1.807) is 6.26 Å². The van der Waals surface area contributed by atoms with E-state index in [2.05, 4.69) is 18.3 Å². The second-order valence-corrected chi connectivity index (χ2v) is 3.25. The molecular formula is C11H16N2O. The molecule has 14 heavy (non-hydrogen) atoms. The molecule has 1 atom stereocenters. The van der Waals surface area contributed by atoms with Gasteiger partial charge in [-0.15, -0.1) is 0 Å². The van der Waals surface area contributed by atoms with Crippen LogP contribution in [-0.2, 0) is 6.42 Å². The van der Waals surface area contributed by atoms with Crippen LogP contribution in [0.2, 0.25) is 0 Å². The molecule has 1 N–H and O–H groups in total. The lowest BCUT2D eigenvalue weighted by Crippen LogP contribution is -2.29. The quantitative estimate of drug-likeness (QED) is 0.751. The minimum absolute atomic E-state index is 0.315. The van der Waals surface area contributed by atoms with Gasteiger partial charge in [0, 0.05) is 19.0 Å². The van der Waals surface area contributed by atoms with Crippen LogP contribution >= 0.6 is 0 Å². The predicted octanol–water partition coefficient (Wildman–Crippen LogP) is 2.10. The lowest BCUT2D eigenvalue weighted by Gasteiger charge is -2.12. The van der Waals surface area contributed by atoms with Gasteiger partial charge in [-0.05, 0) is 18.6 Å². The molecule has 1 aromatic heterocycles. The molecule has 0 saturated heterocycles. The first-order valence-electron chi connectivity index (χ1n) is 4.99. The van der Waals surface area contributed by atoms with Gasteiger partial charge in [-0.25, -0.2) is 0 Å². The van der Waals surface area contributed by atoms with E-state index < -0.39 is 0 Å². The minimum Gasteiger partial charge on any atom is -0.469 e. The smallest absolute Gasteiger partial charge is 0.105 e. The molecule has 76 valence electrons.